The summed E-state index contributed by atoms with van der Waals surface area (Å²) < 4.78 is 0. The number of nitrogens with zero attached hydrogens (tertiary/aromatic N) is 2. The molecule has 4 nitrogen and oxygen atoms in total. The van der Waals surface area contributed by atoms with Crippen LogP contribution in [0.3, 0.4) is 0 Å². The Bertz CT molecular complexity index is 452. The molecule has 0 aliphatic rings. The van der Waals surface area contributed by atoms with Crippen molar-refractivity contribution in [3.63, 3.8) is 0 Å². The maximum atomic E-state index is 12.2. The highest BCUT2D eigenvalue weighted by molar-refractivity contribution is 5.79. The molecule has 0 bridgehead atoms. The van der Waals surface area contributed by atoms with Crippen molar-refractivity contribution in [1.29, 1.82) is 5.26 Å². The number of benzene rings is 1. The molecule has 1 aromatic rings. The highest BCUT2D eigenvalue weighted by atomic mass is 16.2. The van der Waals surface area contributed by atoms with Crippen LogP contribution in [0.1, 0.15) is 25.5 Å². The fraction of sp³-hybridized carbons (Fsp3) is 0.467. The molecule has 0 heterocycles. The van der Waals surface area contributed by atoms with E-state index in [1.54, 1.807) is 18.9 Å². The normalized spacial score (nSPS) is 15.1. The molecule has 0 saturated carbocycles. The van der Waals surface area contributed by atoms with Gasteiger partial charge in [-0.2, -0.15) is 5.26 Å². The summed E-state index contributed by atoms with van der Waals surface area (Å²) in [4.78, 5) is 13.8. The van der Waals surface area contributed by atoms with Crippen LogP contribution in [-0.4, -0.2) is 24.4 Å². The zero-order valence-corrected chi connectivity index (χ0v) is 11.7. The smallest absolute Gasteiger partial charge is 0.227 e. The summed E-state index contributed by atoms with van der Waals surface area (Å²) in [5.74, 6) is -0.508. The molecule has 0 fully saturated rings. The molecule has 0 saturated heterocycles. The summed E-state index contributed by atoms with van der Waals surface area (Å²) in [5, 5.41) is 8.78. The Morgan fingerprint density at radius 2 is 1.95 bits per heavy atom. The molecule has 0 aliphatic heterocycles. The number of amides is 1. The highest BCUT2D eigenvalue weighted by Crippen LogP contribution is 2.20. The molecule has 0 aliphatic carbocycles. The number of nitriles is 1. The lowest BCUT2D eigenvalue weighted by molar-refractivity contribution is -0.134. The van der Waals surface area contributed by atoms with Crippen LogP contribution < -0.4 is 5.73 Å². The van der Waals surface area contributed by atoms with Crippen LogP contribution in [0.2, 0.25) is 0 Å². The Hall–Kier alpha value is -1.86. The zero-order chi connectivity index (χ0) is 14.4. The summed E-state index contributed by atoms with van der Waals surface area (Å²) in [5.41, 5.74) is 7.08. The van der Waals surface area contributed by atoms with Crippen molar-refractivity contribution in [2.75, 3.05) is 13.6 Å². The van der Waals surface area contributed by atoms with Crippen molar-refractivity contribution in [2.24, 2.45) is 17.6 Å². The van der Waals surface area contributed by atoms with Crippen LogP contribution in [0, 0.1) is 23.2 Å². The molecule has 2 N–H and O–H groups in total. The minimum atomic E-state index is -0.325. The zero-order valence-electron chi connectivity index (χ0n) is 11.7. The Kier molecular flexibility index (Phi) is 5.53. The quantitative estimate of drug-likeness (QED) is 0.878. The second-order valence-electron chi connectivity index (χ2n) is 4.97. The van der Waals surface area contributed by atoms with E-state index in [2.05, 4.69) is 6.07 Å². The van der Waals surface area contributed by atoms with Crippen LogP contribution in [0.4, 0.5) is 0 Å². The molecular formula is C15H21N3O. The number of carbonyl (C=O) groups is 1. The van der Waals surface area contributed by atoms with Gasteiger partial charge in [-0.05, 0) is 12.5 Å². The summed E-state index contributed by atoms with van der Waals surface area (Å²) in [6.45, 7) is 4.06. The van der Waals surface area contributed by atoms with E-state index in [-0.39, 0.29) is 23.8 Å². The average Bonchev–Trinajstić information content (AvgIpc) is 2.45. The van der Waals surface area contributed by atoms with E-state index in [0.29, 0.717) is 6.54 Å². The number of hydrogen-bond donors (Lipinski definition) is 1. The first kappa shape index (κ1) is 15.2. The molecule has 1 amide bonds. The molecule has 3 atom stereocenters. The van der Waals surface area contributed by atoms with Gasteiger partial charge in [0.25, 0.3) is 0 Å². The van der Waals surface area contributed by atoms with E-state index >= 15 is 0 Å². The SMILES string of the molecule is CC(C#N)CN(C)C(=O)C(C)C(N)c1ccccc1. The topological polar surface area (TPSA) is 70.1 Å². The lowest BCUT2D eigenvalue weighted by atomic mass is 9.94. The summed E-state index contributed by atoms with van der Waals surface area (Å²) in [6.07, 6.45) is 0. The third-order valence-electron chi connectivity index (χ3n) is 3.26. The standard InChI is InChI=1S/C15H21N3O/c1-11(9-16)10-18(3)15(19)12(2)14(17)13-7-5-4-6-8-13/h4-8,11-12,14H,10,17H2,1-3H3. The van der Waals surface area contributed by atoms with Crippen LogP contribution in [0.5, 0.6) is 0 Å². The fourth-order valence-corrected chi connectivity index (χ4v) is 2.01. The Labute approximate surface area is 114 Å². The molecule has 0 spiro atoms. The van der Waals surface area contributed by atoms with E-state index in [4.69, 9.17) is 11.0 Å². The second kappa shape index (κ2) is 6.91. The van der Waals surface area contributed by atoms with E-state index in [1.165, 1.54) is 0 Å². The lowest BCUT2D eigenvalue weighted by Crippen LogP contribution is -2.38. The third-order valence-corrected chi connectivity index (χ3v) is 3.26. The van der Waals surface area contributed by atoms with Crippen LogP contribution >= 0.6 is 0 Å². The predicted octanol–water partition coefficient (Wildman–Crippen LogP) is 1.94. The van der Waals surface area contributed by atoms with Crippen molar-refractivity contribution >= 4 is 5.91 Å². The second-order valence-corrected chi connectivity index (χ2v) is 4.97. The van der Waals surface area contributed by atoms with E-state index in [1.807, 2.05) is 37.3 Å². The Morgan fingerprint density at radius 3 is 2.47 bits per heavy atom. The molecule has 1 aromatic carbocycles. The minimum Gasteiger partial charge on any atom is -0.344 e. The van der Waals surface area contributed by atoms with E-state index in [0.717, 1.165) is 5.56 Å². The monoisotopic (exact) mass is 259 g/mol. The van der Waals surface area contributed by atoms with Crippen molar-refractivity contribution < 1.29 is 4.79 Å². The molecule has 0 aromatic heterocycles. The average molecular weight is 259 g/mol. The number of nitrogens with two attached hydrogens (primary N) is 1. The molecule has 0 radical (unpaired) electrons. The largest absolute Gasteiger partial charge is 0.344 e. The van der Waals surface area contributed by atoms with Crippen LogP contribution in [0.25, 0.3) is 0 Å². The van der Waals surface area contributed by atoms with Gasteiger partial charge < -0.3 is 10.6 Å². The summed E-state index contributed by atoms with van der Waals surface area (Å²) in [6, 6.07) is 11.4. The van der Waals surface area contributed by atoms with Gasteiger partial charge in [-0.15, -0.1) is 0 Å². The van der Waals surface area contributed by atoms with Gasteiger partial charge in [0.05, 0.1) is 17.9 Å². The number of hydrogen-bond acceptors (Lipinski definition) is 3. The van der Waals surface area contributed by atoms with Crippen LogP contribution in [0.15, 0.2) is 30.3 Å². The maximum absolute atomic E-state index is 12.2. The Morgan fingerprint density at radius 1 is 1.37 bits per heavy atom. The van der Waals surface area contributed by atoms with Gasteiger partial charge in [0.15, 0.2) is 0 Å². The van der Waals surface area contributed by atoms with Crippen LogP contribution in [-0.2, 0) is 4.79 Å². The Balaban J connectivity index is 2.69. The first-order valence-corrected chi connectivity index (χ1v) is 6.42. The summed E-state index contributed by atoms with van der Waals surface area (Å²) >= 11 is 0. The first-order chi connectivity index (χ1) is 8.97. The van der Waals surface area contributed by atoms with Crippen molar-refractivity contribution in [3.05, 3.63) is 35.9 Å². The van der Waals surface area contributed by atoms with Gasteiger partial charge in [-0.1, -0.05) is 37.3 Å². The number of carbonyl (C=O) groups excluding carboxylic acids is 1. The maximum Gasteiger partial charge on any atom is 0.227 e. The molecule has 1 rings (SSSR count). The molecule has 102 valence electrons. The van der Waals surface area contributed by atoms with Gasteiger partial charge in [0.1, 0.15) is 0 Å². The fourth-order valence-electron chi connectivity index (χ4n) is 2.01. The minimum absolute atomic E-state index is 0.0292. The molecule has 3 unspecified atom stereocenters. The molecular weight excluding hydrogens is 238 g/mol. The van der Waals surface area contributed by atoms with Gasteiger partial charge in [0, 0.05) is 19.6 Å². The summed E-state index contributed by atoms with van der Waals surface area (Å²) in [7, 11) is 1.71. The van der Waals surface area contributed by atoms with Crippen molar-refractivity contribution in [3.8, 4) is 6.07 Å². The predicted molar refractivity (Wildman–Crippen MR) is 74.9 cm³/mol. The van der Waals surface area contributed by atoms with Crippen molar-refractivity contribution in [2.45, 2.75) is 19.9 Å². The van der Waals surface area contributed by atoms with Gasteiger partial charge >= 0.3 is 0 Å². The molecule has 19 heavy (non-hydrogen) atoms. The van der Waals surface area contributed by atoms with Crippen molar-refractivity contribution in [1.82, 2.24) is 4.90 Å². The number of rotatable bonds is 5. The molecule has 4 heteroatoms. The highest BCUT2D eigenvalue weighted by Gasteiger charge is 2.25. The van der Waals surface area contributed by atoms with E-state index in [9.17, 15) is 4.79 Å². The third kappa shape index (κ3) is 4.08. The van der Waals surface area contributed by atoms with Gasteiger partial charge in [0.2, 0.25) is 5.91 Å². The van der Waals surface area contributed by atoms with Gasteiger partial charge in [-0.3, -0.25) is 4.79 Å². The van der Waals surface area contributed by atoms with Gasteiger partial charge in [-0.25, -0.2) is 0 Å². The first-order valence-electron chi connectivity index (χ1n) is 6.42. The lowest BCUT2D eigenvalue weighted by Gasteiger charge is -2.26. The van der Waals surface area contributed by atoms with E-state index < -0.39 is 0 Å².